The van der Waals surface area contributed by atoms with Crippen molar-refractivity contribution >= 4 is 28.9 Å². The van der Waals surface area contributed by atoms with E-state index in [0.717, 1.165) is 5.69 Å². The highest BCUT2D eigenvalue weighted by atomic mass is 35.5. The SMILES string of the molecule is Cc1cccc[n+]1CC(=O)Nc1cc(Cl)ccc1[N+](=O)[O-]. The predicted molar refractivity (Wildman–Crippen MR) is 78.1 cm³/mol. The number of rotatable bonds is 4. The fourth-order valence-corrected chi connectivity index (χ4v) is 2.02. The van der Waals surface area contributed by atoms with Crippen molar-refractivity contribution in [2.24, 2.45) is 0 Å². The van der Waals surface area contributed by atoms with Crippen molar-refractivity contribution in [1.29, 1.82) is 0 Å². The average molecular weight is 307 g/mol. The molecule has 0 atom stereocenters. The Hall–Kier alpha value is -2.47. The minimum Gasteiger partial charge on any atom is -0.315 e. The summed E-state index contributed by atoms with van der Waals surface area (Å²) in [4.78, 5) is 22.4. The summed E-state index contributed by atoms with van der Waals surface area (Å²) in [5.41, 5.74) is 0.808. The summed E-state index contributed by atoms with van der Waals surface area (Å²) in [7, 11) is 0. The molecular weight excluding hydrogens is 294 g/mol. The Morgan fingerprint density at radius 3 is 2.81 bits per heavy atom. The van der Waals surface area contributed by atoms with Crippen LogP contribution in [0.1, 0.15) is 5.69 Å². The smallest absolute Gasteiger partial charge is 0.292 e. The van der Waals surface area contributed by atoms with E-state index in [1.165, 1.54) is 18.2 Å². The van der Waals surface area contributed by atoms with Crippen molar-refractivity contribution < 1.29 is 14.3 Å². The molecule has 1 aromatic heterocycles. The van der Waals surface area contributed by atoms with Crippen molar-refractivity contribution in [3.63, 3.8) is 0 Å². The molecule has 1 heterocycles. The van der Waals surface area contributed by atoms with E-state index in [0.29, 0.717) is 5.02 Å². The first-order valence-electron chi connectivity index (χ1n) is 6.16. The maximum absolute atomic E-state index is 12.0. The van der Waals surface area contributed by atoms with Gasteiger partial charge in [-0.3, -0.25) is 14.9 Å². The molecule has 108 valence electrons. The lowest BCUT2D eigenvalue weighted by atomic mass is 10.2. The van der Waals surface area contributed by atoms with Crippen LogP contribution in [0.3, 0.4) is 0 Å². The number of aryl methyl sites for hydroxylation is 1. The maximum atomic E-state index is 12.0. The molecule has 0 spiro atoms. The van der Waals surface area contributed by atoms with Crippen LogP contribution in [0.25, 0.3) is 0 Å². The number of anilines is 1. The first kappa shape index (κ1) is 14.9. The number of amides is 1. The molecule has 2 aromatic rings. The maximum Gasteiger partial charge on any atom is 0.292 e. The lowest BCUT2D eigenvalue weighted by molar-refractivity contribution is -0.690. The number of aromatic nitrogens is 1. The summed E-state index contributed by atoms with van der Waals surface area (Å²) in [6.07, 6.45) is 1.77. The van der Waals surface area contributed by atoms with E-state index >= 15 is 0 Å². The van der Waals surface area contributed by atoms with E-state index in [1.54, 1.807) is 10.8 Å². The second kappa shape index (κ2) is 6.32. The van der Waals surface area contributed by atoms with Gasteiger partial charge in [0.05, 0.1) is 4.92 Å². The monoisotopic (exact) mass is 306 g/mol. The molecule has 1 N–H and O–H groups in total. The number of benzene rings is 1. The minimum absolute atomic E-state index is 0.0658. The molecule has 0 saturated carbocycles. The molecule has 0 fully saturated rings. The summed E-state index contributed by atoms with van der Waals surface area (Å²) >= 11 is 5.81. The highest BCUT2D eigenvalue weighted by Crippen LogP contribution is 2.27. The highest BCUT2D eigenvalue weighted by molar-refractivity contribution is 6.31. The Morgan fingerprint density at radius 1 is 1.38 bits per heavy atom. The number of hydrogen-bond acceptors (Lipinski definition) is 3. The van der Waals surface area contributed by atoms with Gasteiger partial charge in [0.2, 0.25) is 6.54 Å². The third-order valence-corrected chi connectivity index (χ3v) is 3.15. The molecule has 0 unspecified atom stereocenters. The molecule has 0 bridgehead atoms. The molecular formula is C14H13ClN3O3+. The van der Waals surface area contributed by atoms with Gasteiger partial charge in [0.25, 0.3) is 11.6 Å². The fourth-order valence-electron chi connectivity index (χ4n) is 1.85. The number of halogens is 1. The molecule has 0 aliphatic heterocycles. The third-order valence-electron chi connectivity index (χ3n) is 2.91. The minimum atomic E-state index is -0.563. The number of hydrogen-bond donors (Lipinski definition) is 1. The van der Waals surface area contributed by atoms with Crippen molar-refractivity contribution in [3.8, 4) is 0 Å². The second-order valence-corrected chi connectivity index (χ2v) is 4.87. The zero-order valence-corrected chi connectivity index (χ0v) is 12.0. The van der Waals surface area contributed by atoms with Gasteiger partial charge in [-0.15, -0.1) is 0 Å². The molecule has 0 aliphatic carbocycles. The van der Waals surface area contributed by atoms with E-state index in [-0.39, 0.29) is 23.8 Å². The summed E-state index contributed by atoms with van der Waals surface area (Å²) in [6.45, 7) is 1.94. The molecule has 2 rings (SSSR count). The molecule has 0 aliphatic rings. The quantitative estimate of drug-likeness (QED) is 0.535. The Kier molecular flexibility index (Phi) is 4.49. The van der Waals surface area contributed by atoms with Gasteiger partial charge in [-0.2, -0.15) is 4.57 Å². The predicted octanol–water partition coefficient (Wildman–Crippen LogP) is 2.48. The second-order valence-electron chi connectivity index (χ2n) is 4.44. The van der Waals surface area contributed by atoms with E-state index in [9.17, 15) is 14.9 Å². The van der Waals surface area contributed by atoms with Crippen molar-refractivity contribution in [3.05, 3.63) is 63.4 Å². The van der Waals surface area contributed by atoms with Crippen LogP contribution in [-0.2, 0) is 11.3 Å². The number of carbonyl (C=O) groups is 1. The number of nitro benzene ring substituents is 1. The van der Waals surface area contributed by atoms with Crippen LogP contribution in [0.15, 0.2) is 42.6 Å². The highest BCUT2D eigenvalue weighted by Gasteiger charge is 2.18. The van der Waals surface area contributed by atoms with Crippen LogP contribution >= 0.6 is 11.6 Å². The first-order chi connectivity index (χ1) is 9.97. The van der Waals surface area contributed by atoms with Crippen LogP contribution in [0.4, 0.5) is 11.4 Å². The Balaban J connectivity index is 2.18. The molecule has 0 saturated heterocycles. The van der Waals surface area contributed by atoms with Crippen molar-refractivity contribution in [2.45, 2.75) is 13.5 Å². The largest absolute Gasteiger partial charge is 0.315 e. The zero-order valence-electron chi connectivity index (χ0n) is 11.2. The molecule has 0 radical (unpaired) electrons. The normalized spacial score (nSPS) is 10.2. The van der Waals surface area contributed by atoms with Crippen molar-refractivity contribution in [2.75, 3.05) is 5.32 Å². The summed E-state index contributed by atoms with van der Waals surface area (Å²) < 4.78 is 1.74. The van der Waals surface area contributed by atoms with Crippen molar-refractivity contribution in [1.82, 2.24) is 0 Å². The first-order valence-corrected chi connectivity index (χ1v) is 6.54. The number of pyridine rings is 1. The molecule has 21 heavy (non-hydrogen) atoms. The van der Waals surface area contributed by atoms with E-state index in [4.69, 9.17) is 11.6 Å². The third kappa shape index (κ3) is 3.76. The summed E-state index contributed by atoms with van der Waals surface area (Å²) in [5, 5.41) is 13.8. The fraction of sp³-hybridized carbons (Fsp3) is 0.143. The van der Waals surface area contributed by atoms with E-state index in [2.05, 4.69) is 5.32 Å². The van der Waals surface area contributed by atoms with Crippen LogP contribution in [-0.4, -0.2) is 10.8 Å². The Bertz CT molecular complexity index is 704. The van der Waals surface area contributed by atoms with Gasteiger partial charge in [0, 0.05) is 30.1 Å². The lowest BCUT2D eigenvalue weighted by Crippen LogP contribution is -2.42. The van der Waals surface area contributed by atoms with Gasteiger partial charge in [-0.1, -0.05) is 17.7 Å². The average Bonchev–Trinajstić information content (AvgIpc) is 2.41. The van der Waals surface area contributed by atoms with Gasteiger partial charge >= 0.3 is 0 Å². The van der Waals surface area contributed by atoms with Gasteiger partial charge in [-0.25, -0.2) is 0 Å². The molecule has 7 heteroatoms. The molecule has 1 amide bonds. The lowest BCUT2D eigenvalue weighted by Gasteiger charge is -2.05. The summed E-state index contributed by atoms with van der Waals surface area (Å²) in [6, 6.07) is 9.58. The van der Waals surface area contributed by atoms with Crippen LogP contribution in [0, 0.1) is 17.0 Å². The van der Waals surface area contributed by atoms with E-state index in [1.807, 2.05) is 25.1 Å². The number of carbonyl (C=O) groups excluding carboxylic acids is 1. The summed E-state index contributed by atoms with van der Waals surface area (Å²) in [5.74, 6) is -0.361. The molecule has 1 aromatic carbocycles. The topological polar surface area (TPSA) is 76.1 Å². The number of nitro groups is 1. The number of nitrogens with zero attached hydrogens (tertiary/aromatic N) is 2. The standard InChI is InChI=1S/C14H12ClN3O3/c1-10-4-2-3-7-17(10)9-14(19)16-12-8-11(15)5-6-13(12)18(20)21/h2-8H,9H2,1H3/p+1. The van der Waals surface area contributed by atoms with Crippen LogP contribution < -0.4 is 9.88 Å². The van der Waals surface area contributed by atoms with Gasteiger partial charge < -0.3 is 5.32 Å². The Morgan fingerprint density at radius 2 is 2.14 bits per heavy atom. The number of nitrogens with one attached hydrogen (secondary N) is 1. The molecule has 6 nitrogen and oxygen atoms in total. The van der Waals surface area contributed by atoms with E-state index < -0.39 is 4.92 Å². The van der Waals surface area contributed by atoms with Crippen LogP contribution in [0.2, 0.25) is 5.02 Å². The van der Waals surface area contributed by atoms with Gasteiger partial charge in [-0.05, 0) is 12.1 Å². The van der Waals surface area contributed by atoms with Gasteiger partial charge in [0.15, 0.2) is 11.9 Å². The van der Waals surface area contributed by atoms with Gasteiger partial charge in [0.1, 0.15) is 5.69 Å². The zero-order chi connectivity index (χ0) is 15.4. The van der Waals surface area contributed by atoms with Crippen LogP contribution in [0.5, 0.6) is 0 Å². The Labute approximate surface area is 126 Å².